The number of carbonyl (C=O) groups is 2. The van der Waals surface area contributed by atoms with E-state index < -0.39 is 5.60 Å². The lowest BCUT2D eigenvalue weighted by Gasteiger charge is -2.29. The fourth-order valence-corrected chi connectivity index (χ4v) is 3.14. The van der Waals surface area contributed by atoms with Gasteiger partial charge in [-0.25, -0.2) is 4.79 Å². The van der Waals surface area contributed by atoms with Crippen molar-refractivity contribution in [3.05, 3.63) is 46.6 Å². The van der Waals surface area contributed by atoms with Gasteiger partial charge in [-0.3, -0.25) is 9.48 Å². The third-order valence-electron chi connectivity index (χ3n) is 4.47. The SMILES string of the molecule is Cc1ccccc1C(=O)Nc1c2c(nn1C)CCN(C(=O)OC(C)(C)C)C2. The first-order valence-electron chi connectivity index (χ1n) is 9.05. The van der Waals surface area contributed by atoms with E-state index in [-0.39, 0.29) is 12.0 Å². The number of aryl methyl sites for hydroxylation is 2. The molecule has 1 aliphatic rings. The molecule has 1 N–H and O–H groups in total. The molecule has 144 valence electrons. The number of nitrogens with one attached hydrogen (secondary N) is 1. The lowest BCUT2D eigenvalue weighted by molar-refractivity contribution is 0.0224. The third-order valence-corrected chi connectivity index (χ3v) is 4.47. The average Bonchev–Trinajstić information content (AvgIpc) is 2.88. The maximum atomic E-state index is 12.7. The molecule has 1 aromatic carbocycles. The number of hydrogen-bond acceptors (Lipinski definition) is 4. The Morgan fingerprint density at radius 2 is 1.93 bits per heavy atom. The maximum absolute atomic E-state index is 12.7. The Kier molecular flexibility index (Phi) is 4.95. The van der Waals surface area contributed by atoms with Crippen molar-refractivity contribution in [3.8, 4) is 0 Å². The van der Waals surface area contributed by atoms with Gasteiger partial charge in [0.15, 0.2) is 0 Å². The van der Waals surface area contributed by atoms with Crippen LogP contribution >= 0.6 is 0 Å². The van der Waals surface area contributed by atoms with Gasteiger partial charge in [-0.2, -0.15) is 5.10 Å². The molecule has 1 aliphatic heterocycles. The second kappa shape index (κ2) is 7.06. The van der Waals surface area contributed by atoms with Crippen LogP contribution in [0.15, 0.2) is 24.3 Å². The molecule has 3 rings (SSSR count). The Morgan fingerprint density at radius 3 is 2.59 bits per heavy atom. The number of carbonyl (C=O) groups excluding carboxylic acids is 2. The first kappa shape index (κ1) is 18.9. The molecule has 0 radical (unpaired) electrons. The fraction of sp³-hybridized carbons (Fsp3) is 0.450. The Morgan fingerprint density at radius 1 is 1.22 bits per heavy atom. The molecule has 7 nitrogen and oxygen atoms in total. The molecule has 0 aliphatic carbocycles. The van der Waals surface area contributed by atoms with E-state index in [1.165, 1.54) is 0 Å². The lowest BCUT2D eigenvalue weighted by atomic mass is 10.1. The molecular weight excluding hydrogens is 344 g/mol. The molecule has 7 heteroatoms. The highest BCUT2D eigenvalue weighted by Gasteiger charge is 2.30. The van der Waals surface area contributed by atoms with Crippen LogP contribution in [-0.4, -0.2) is 38.8 Å². The van der Waals surface area contributed by atoms with Gasteiger partial charge in [0.2, 0.25) is 0 Å². The van der Waals surface area contributed by atoms with Gasteiger partial charge in [-0.15, -0.1) is 0 Å². The van der Waals surface area contributed by atoms with Crippen molar-refractivity contribution in [3.63, 3.8) is 0 Å². The molecule has 27 heavy (non-hydrogen) atoms. The summed E-state index contributed by atoms with van der Waals surface area (Å²) in [5.74, 6) is 0.430. The van der Waals surface area contributed by atoms with Gasteiger partial charge in [0, 0.05) is 31.1 Å². The molecule has 0 atom stereocenters. The van der Waals surface area contributed by atoms with E-state index in [1.54, 1.807) is 22.7 Å². The molecule has 0 unspecified atom stereocenters. The predicted octanol–water partition coefficient (Wildman–Crippen LogP) is 3.27. The standard InChI is InChI=1S/C20H26N4O3/c1-13-8-6-7-9-14(13)18(25)21-17-15-12-24(19(26)27-20(2,3)4)11-10-16(15)22-23(17)5/h6-9H,10-12H2,1-5H3,(H,21,25). The Hall–Kier alpha value is -2.83. The van der Waals surface area contributed by atoms with Crippen molar-refractivity contribution in [2.24, 2.45) is 7.05 Å². The van der Waals surface area contributed by atoms with Crippen LogP contribution in [0.25, 0.3) is 0 Å². The number of rotatable bonds is 2. The van der Waals surface area contributed by atoms with Gasteiger partial charge < -0.3 is 15.0 Å². The number of amides is 2. The quantitative estimate of drug-likeness (QED) is 0.880. The first-order valence-corrected chi connectivity index (χ1v) is 9.05. The summed E-state index contributed by atoms with van der Waals surface area (Å²) in [6.07, 6.45) is 0.274. The molecule has 2 amide bonds. The number of ether oxygens (including phenoxy) is 1. The van der Waals surface area contributed by atoms with Gasteiger partial charge in [0.25, 0.3) is 5.91 Å². The maximum Gasteiger partial charge on any atom is 0.410 e. The summed E-state index contributed by atoms with van der Waals surface area (Å²) < 4.78 is 7.14. The summed E-state index contributed by atoms with van der Waals surface area (Å²) in [6, 6.07) is 7.43. The van der Waals surface area contributed by atoms with E-state index in [0.717, 1.165) is 16.8 Å². The van der Waals surface area contributed by atoms with E-state index in [0.29, 0.717) is 30.9 Å². The topological polar surface area (TPSA) is 76.5 Å². The number of nitrogens with zero attached hydrogens (tertiary/aromatic N) is 3. The molecular formula is C20H26N4O3. The highest BCUT2D eigenvalue weighted by Crippen LogP contribution is 2.27. The first-order chi connectivity index (χ1) is 12.7. The van der Waals surface area contributed by atoms with Gasteiger partial charge in [0.1, 0.15) is 11.4 Å². The summed E-state index contributed by atoms with van der Waals surface area (Å²) in [5.41, 5.74) is 2.73. The number of anilines is 1. The normalized spacial score (nSPS) is 13.9. The van der Waals surface area contributed by atoms with Crippen molar-refractivity contribution in [1.82, 2.24) is 14.7 Å². The van der Waals surface area contributed by atoms with Crippen LogP contribution in [0.4, 0.5) is 10.6 Å². The van der Waals surface area contributed by atoms with E-state index in [4.69, 9.17) is 4.74 Å². The minimum absolute atomic E-state index is 0.187. The van der Waals surface area contributed by atoms with Crippen LogP contribution in [0.1, 0.15) is 48.0 Å². The van der Waals surface area contributed by atoms with Crippen LogP contribution in [-0.2, 0) is 24.8 Å². The Labute approximate surface area is 159 Å². The minimum atomic E-state index is -0.547. The van der Waals surface area contributed by atoms with Crippen LogP contribution in [0.3, 0.4) is 0 Å². The van der Waals surface area contributed by atoms with Crippen molar-refractivity contribution >= 4 is 17.8 Å². The number of fused-ring (bicyclic) bond motifs is 1. The molecule has 0 fully saturated rings. The zero-order chi connectivity index (χ0) is 19.8. The molecule has 0 spiro atoms. The van der Waals surface area contributed by atoms with Gasteiger partial charge >= 0.3 is 6.09 Å². The summed E-state index contributed by atoms with van der Waals surface area (Å²) in [7, 11) is 1.80. The van der Waals surface area contributed by atoms with Gasteiger partial charge in [-0.05, 0) is 39.3 Å². The Bertz CT molecular complexity index is 880. The van der Waals surface area contributed by atoms with E-state index in [1.807, 2.05) is 45.9 Å². The highest BCUT2D eigenvalue weighted by atomic mass is 16.6. The largest absolute Gasteiger partial charge is 0.444 e. The predicted molar refractivity (Wildman–Crippen MR) is 103 cm³/mol. The van der Waals surface area contributed by atoms with Crippen molar-refractivity contribution in [2.45, 2.75) is 46.3 Å². The van der Waals surface area contributed by atoms with Crippen LogP contribution in [0.2, 0.25) is 0 Å². The van der Waals surface area contributed by atoms with Crippen molar-refractivity contribution in [2.75, 3.05) is 11.9 Å². The van der Waals surface area contributed by atoms with E-state index in [9.17, 15) is 9.59 Å². The molecule has 0 saturated carbocycles. The summed E-state index contributed by atoms with van der Waals surface area (Å²) in [4.78, 5) is 26.8. The average molecular weight is 370 g/mol. The van der Waals surface area contributed by atoms with E-state index in [2.05, 4.69) is 10.4 Å². The number of benzene rings is 1. The number of hydrogen-bond donors (Lipinski definition) is 1. The van der Waals surface area contributed by atoms with Gasteiger partial charge in [-0.1, -0.05) is 18.2 Å². The zero-order valence-electron chi connectivity index (χ0n) is 16.5. The Balaban J connectivity index is 1.82. The van der Waals surface area contributed by atoms with E-state index >= 15 is 0 Å². The minimum Gasteiger partial charge on any atom is -0.444 e. The monoisotopic (exact) mass is 370 g/mol. The van der Waals surface area contributed by atoms with Crippen molar-refractivity contribution < 1.29 is 14.3 Å². The molecule has 0 bridgehead atoms. The lowest BCUT2D eigenvalue weighted by Crippen LogP contribution is -2.40. The van der Waals surface area contributed by atoms with Crippen LogP contribution < -0.4 is 5.32 Å². The smallest absolute Gasteiger partial charge is 0.410 e. The van der Waals surface area contributed by atoms with Crippen LogP contribution in [0.5, 0.6) is 0 Å². The van der Waals surface area contributed by atoms with Gasteiger partial charge in [0.05, 0.1) is 12.2 Å². The molecule has 2 heterocycles. The fourth-order valence-electron chi connectivity index (χ4n) is 3.14. The second-order valence-electron chi connectivity index (χ2n) is 7.82. The summed E-state index contributed by atoms with van der Waals surface area (Å²) in [6.45, 7) is 8.35. The highest BCUT2D eigenvalue weighted by molar-refractivity contribution is 6.05. The van der Waals surface area contributed by atoms with Crippen LogP contribution in [0, 0.1) is 6.92 Å². The summed E-state index contributed by atoms with van der Waals surface area (Å²) >= 11 is 0. The number of aromatic nitrogens is 2. The molecule has 0 saturated heterocycles. The molecule has 1 aromatic heterocycles. The zero-order valence-corrected chi connectivity index (χ0v) is 16.5. The second-order valence-corrected chi connectivity index (χ2v) is 7.82. The summed E-state index contributed by atoms with van der Waals surface area (Å²) in [5, 5.41) is 7.48. The molecule has 2 aromatic rings. The van der Waals surface area contributed by atoms with Crippen molar-refractivity contribution in [1.29, 1.82) is 0 Å². The third kappa shape index (κ3) is 4.13.